The second kappa shape index (κ2) is 7.31. The van der Waals surface area contributed by atoms with Crippen LogP contribution in [0.4, 0.5) is 0 Å². The number of aryl methyl sites for hydroxylation is 3. The number of hydrogen-bond acceptors (Lipinski definition) is 5. The van der Waals surface area contributed by atoms with Crippen molar-refractivity contribution in [3.05, 3.63) is 59.0 Å². The number of oxazole rings is 1. The third kappa shape index (κ3) is 3.57. The lowest BCUT2D eigenvalue weighted by molar-refractivity contribution is 0.169. The summed E-state index contributed by atoms with van der Waals surface area (Å²) < 4.78 is 33.8. The molecule has 0 bridgehead atoms. The highest BCUT2D eigenvalue weighted by Crippen LogP contribution is 2.26. The minimum Gasteiger partial charge on any atom is -0.439 e. The standard InChI is InChI=1S/C21H25N3O3S/c1-15-12-16(2)21(17(3)13-15)28(25,26)24-10-8-23(9-11-24)14-20-22-18-6-4-5-7-19(18)27-20/h4-7,12-13H,8-11,14H2,1-3H3. The molecule has 7 heteroatoms. The van der Waals surface area contributed by atoms with E-state index in [4.69, 9.17) is 4.42 Å². The van der Waals surface area contributed by atoms with Gasteiger partial charge in [-0.05, 0) is 44.0 Å². The first-order chi connectivity index (χ1) is 13.3. The lowest BCUT2D eigenvalue weighted by Gasteiger charge is -2.33. The number of para-hydroxylation sites is 2. The van der Waals surface area contributed by atoms with Gasteiger partial charge in [-0.25, -0.2) is 13.4 Å². The van der Waals surface area contributed by atoms with Gasteiger partial charge < -0.3 is 4.42 Å². The maximum Gasteiger partial charge on any atom is 0.243 e. The number of hydrogen-bond donors (Lipinski definition) is 0. The Morgan fingerprint density at radius 1 is 1.00 bits per heavy atom. The summed E-state index contributed by atoms with van der Waals surface area (Å²) >= 11 is 0. The van der Waals surface area contributed by atoms with Crippen LogP contribution in [-0.4, -0.2) is 48.8 Å². The van der Waals surface area contributed by atoms with Crippen LogP contribution in [0.3, 0.4) is 0 Å². The van der Waals surface area contributed by atoms with Gasteiger partial charge >= 0.3 is 0 Å². The lowest BCUT2D eigenvalue weighted by Crippen LogP contribution is -2.48. The van der Waals surface area contributed by atoms with Crippen LogP contribution in [0.15, 0.2) is 45.7 Å². The number of fused-ring (bicyclic) bond motifs is 1. The summed E-state index contributed by atoms with van der Waals surface area (Å²) in [4.78, 5) is 7.15. The molecule has 2 heterocycles. The molecule has 0 unspecified atom stereocenters. The number of benzene rings is 2. The van der Waals surface area contributed by atoms with Crippen LogP contribution in [0.25, 0.3) is 11.1 Å². The molecule has 0 atom stereocenters. The van der Waals surface area contributed by atoms with Crippen molar-refractivity contribution in [3.63, 3.8) is 0 Å². The molecule has 6 nitrogen and oxygen atoms in total. The summed E-state index contributed by atoms with van der Waals surface area (Å²) in [6.07, 6.45) is 0. The topological polar surface area (TPSA) is 66.7 Å². The van der Waals surface area contributed by atoms with E-state index in [9.17, 15) is 8.42 Å². The molecule has 1 aromatic heterocycles. The van der Waals surface area contributed by atoms with Crippen molar-refractivity contribution in [2.45, 2.75) is 32.2 Å². The van der Waals surface area contributed by atoms with Crippen molar-refractivity contribution in [3.8, 4) is 0 Å². The Hall–Kier alpha value is -2.22. The highest BCUT2D eigenvalue weighted by molar-refractivity contribution is 7.89. The van der Waals surface area contributed by atoms with E-state index in [1.165, 1.54) is 0 Å². The smallest absolute Gasteiger partial charge is 0.243 e. The summed E-state index contributed by atoms with van der Waals surface area (Å²) in [5.41, 5.74) is 4.34. The van der Waals surface area contributed by atoms with Crippen molar-refractivity contribution in [1.82, 2.24) is 14.2 Å². The van der Waals surface area contributed by atoms with E-state index in [-0.39, 0.29) is 0 Å². The average molecular weight is 400 g/mol. The SMILES string of the molecule is Cc1cc(C)c(S(=O)(=O)N2CCN(Cc3nc4ccccc4o3)CC2)c(C)c1. The number of sulfonamides is 1. The molecular weight excluding hydrogens is 374 g/mol. The Labute approximate surface area is 165 Å². The van der Waals surface area contributed by atoms with Crippen LogP contribution in [0.1, 0.15) is 22.6 Å². The van der Waals surface area contributed by atoms with Crippen molar-refractivity contribution in [2.24, 2.45) is 0 Å². The normalized spacial score (nSPS) is 16.7. The van der Waals surface area contributed by atoms with E-state index < -0.39 is 10.0 Å². The largest absolute Gasteiger partial charge is 0.439 e. The third-order valence-electron chi connectivity index (χ3n) is 5.23. The molecule has 3 aromatic rings. The van der Waals surface area contributed by atoms with Gasteiger partial charge in [-0.15, -0.1) is 0 Å². The molecule has 0 saturated carbocycles. The maximum absolute atomic E-state index is 13.2. The summed E-state index contributed by atoms with van der Waals surface area (Å²) in [5, 5.41) is 0. The molecule has 0 radical (unpaired) electrons. The minimum absolute atomic E-state index is 0.450. The van der Waals surface area contributed by atoms with Crippen LogP contribution in [0.2, 0.25) is 0 Å². The van der Waals surface area contributed by atoms with Gasteiger partial charge in [0, 0.05) is 26.2 Å². The fourth-order valence-corrected chi connectivity index (χ4v) is 5.84. The van der Waals surface area contributed by atoms with Crippen LogP contribution < -0.4 is 0 Å². The molecule has 4 rings (SSSR count). The molecule has 1 aliphatic rings. The Morgan fingerprint density at radius 3 is 2.29 bits per heavy atom. The van der Waals surface area contributed by atoms with E-state index in [0.29, 0.717) is 43.5 Å². The van der Waals surface area contributed by atoms with Gasteiger partial charge in [0.25, 0.3) is 0 Å². The quantitative estimate of drug-likeness (QED) is 0.674. The molecule has 28 heavy (non-hydrogen) atoms. The number of piperazine rings is 1. The molecule has 0 amide bonds. The number of nitrogens with zero attached hydrogens (tertiary/aromatic N) is 3. The number of aromatic nitrogens is 1. The van der Waals surface area contributed by atoms with Crippen LogP contribution >= 0.6 is 0 Å². The maximum atomic E-state index is 13.2. The summed E-state index contributed by atoms with van der Waals surface area (Å²) in [6, 6.07) is 11.6. The predicted molar refractivity (Wildman–Crippen MR) is 109 cm³/mol. The minimum atomic E-state index is -3.49. The van der Waals surface area contributed by atoms with E-state index in [2.05, 4.69) is 9.88 Å². The van der Waals surface area contributed by atoms with Gasteiger partial charge in [0.2, 0.25) is 15.9 Å². The molecular formula is C21H25N3O3S. The van der Waals surface area contributed by atoms with Gasteiger partial charge in [0.1, 0.15) is 5.52 Å². The zero-order chi connectivity index (χ0) is 19.9. The van der Waals surface area contributed by atoms with E-state index in [0.717, 1.165) is 27.8 Å². The first-order valence-electron chi connectivity index (χ1n) is 9.49. The third-order valence-corrected chi connectivity index (χ3v) is 7.44. The van der Waals surface area contributed by atoms with Crippen LogP contribution in [0.5, 0.6) is 0 Å². The summed E-state index contributed by atoms with van der Waals surface area (Å²) in [7, 11) is -3.49. The fourth-order valence-electron chi connectivity index (χ4n) is 4.01. The second-order valence-corrected chi connectivity index (χ2v) is 9.36. The Balaban J connectivity index is 1.46. The summed E-state index contributed by atoms with van der Waals surface area (Å²) in [6.45, 7) is 8.56. The van der Waals surface area contributed by atoms with Gasteiger partial charge in [0.15, 0.2) is 5.58 Å². The highest BCUT2D eigenvalue weighted by atomic mass is 32.2. The van der Waals surface area contributed by atoms with Gasteiger partial charge in [-0.3, -0.25) is 4.90 Å². The molecule has 1 aliphatic heterocycles. The van der Waals surface area contributed by atoms with Crippen LogP contribution in [-0.2, 0) is 16.6 Å². The predicted octanol–water partition coefficient (Wildman–Crippen LogP) is 3.26. The second-order valence-electron chi connectivity index (χ2n) is 7.48. The zero-order valence-corrected chi connectivity index (χ0v) is 17.3. The van der Waals surface area contributed by atoms with E-state index in [1.54, 1.807) is 4.31 Å². The Morgan fingerprint density at radius 2 is 1.64 bits per heavy atom. The molecule has 1 fully saturated rings. The lowest BCUT2D eigenvalue weighted by atomic mass is 10.1. The summed E-state index contributed by atoms with van der Waals surface area (Å²) in [5.74, 6) is 0.669. The Kier molecular flexibility index (Phi) is 4.99. The van der Waals surface area contributed by atoms with Gasteiger partial charge in [-0.2, -0.15) is 4.31 Å². The van der Waals surface area contributed by atoms with Crippen molar-refractivity contribution < 1.29 is 12.8 Å². The van der Waals surface area contributed by atoms with Gasteiger partial charge in [0.05, 0.1) is 11.4 Å². The average Bonchev–Trinajstić information content (AvgIpc) is 3.03. The molecule has 1 saturated heterocycles. The first kappa shape index (κ1) is 19.1. The number of rotatable bonds is 4. The Bertz CT molecular complexity index is 1060. The highest BCUT2D eigenvalue weighted by Gasteiger charge is 2.31. The zero-order valence-electron chi connectivity index (χ0n) is 16.5. The fraction of sp³-hybridized carbons (Fsp3) is 0.381. The van der Waals surface area contributed by atoms with Gasteiger partial charge in [-0.1, -0.05) is 29.8 Å². The van der Waals surface area contributed by atoms with E-state index in [1.807, 2.05) is 57.2 Å². The molecule has 148 valence electrons. The molecule has 2 aromatic carbocycles. The van der Waals surface area contributed by atoms with Crippen molar-refractivity contribution >= 4 is 21.1 Å². The van der Waals surface area contributed by atoms with E-state index >= 15 is 0 Å². The molecule has 0 spiro atoms. The molecule has 0 aliphatic carbocycles. The first-order valence-corrected chi connectivity index (χ1v) is 10.9. The van der Waals surface area contributed by atoms with Crippen molar-refractivity contribution in [2.75, 3.05) is 26.2 Å². The van der Waals surface area contributed by atoms with Crippen molar-refractivity contribution in [1.29, 1.82) is 0 Å². The van der Waals surface area contributed by atoms with Crippen LogP contribution in [0, 0.1) is 20.8 Å². The molecule has 0 N–H and O–H groups in total. The monoisotopic (exact) mass is 399 g/mol.